The SMILES string of the molecule is C=CCN1C(=O)/C(=C\c2cccc(OC)c2OC)C(=O)NC1=S. The Morgan fingerprint density at radius 2 is 2.04 bits per heavy atom. The molecule has 1 fully saturated rings. The number of thiocarbonyl (C=S) groups is 1. The minimum Gasteiger partial charge on any atom is -0.493 e. The molecular weight excluding hydrogens is 316 g/mol. The van der Waals surface area contributed by atoms with Gasteiger partial charge in [-0.1, -0.05) is 18.2 Å². The van der Waals surface area contributed by atoms with Crippen molar-refractivity contribution < 1.29 is 19.1 Å². The van der Waals surface area contributed by atoms with Crippen LogP contribution in [0.1, 0.15) is 5.56 Å². The van der Waals surface area contributed by atoms with Crippen LogP contribution in [0.25, 0.3) is 6.08 Å². The van der Waals surface area contributed by atoms with Gasteiger partial charge in [-0.25, -0.2) is 0 Å². The molecule has 0 aromatic heterocycles. The number of nitrogens with one attached hydrogen (secondary N) is 1. The molecule has 23 heavy (non-hydrogen) atoms. The fourth-order valence-electron chi connectivity index (χ4n) is 2.17. The summed E-state index contributed by atoms with van der Waals surface area (Å²) in [7, 11) is 3.00. The highest BCUT2D eigenvalue weighted by molar-refractivity contribution is 7.80. The first-order valence-corrected chi connectivity index (χ1v) is 7.15. The molecule has 1 aromatic rings. The van der Waals surface area contributed by atoms with Crippen molar-refractivity contribution in [2.75, 3.05) is 20.8 Å². The molecule has 0 radical (unpaired) electrons. The predicted molar refractivity (Wildman–Crippen MR) is 90.2 cm³/mol. The van der Waals surface area contributed by atoms with Crippen LogP contribution in [0.3, 0.4) is 0 Å². The van der Waals surface area contributed by atoms with Gasteiger partial charge in [-0.3, -0.25) is 19.8 Å². The molecule has 0 spiro atoms. The topological polar surface area (TPSA) is 67.9 Å². The third kappa shape index (κ3) is 3.24. The Morgan fingerprint density at radius 1 is 1.30 bits per heavy atom. The van der Waals surface area contributed by atoms with E-state index in [1.807, 2.05) is 0 Å². The number of carbonyl (C=O) groups is 2. The Morgan fingerprint density at radius 3 is 2.65 bits per heavy atom. The molecule has 1 heterocycles. The average Bonchev–Trinajstić information content (AvgIpc) is 2.54. The molecule has 1 aliphatic rings. The molecule has 0 aliphatic carbocycles. The van der Waals surface area contributed by atoms with Gasteiger partial charge in [0.25, 0.3) is 11.8 Å². The molecule has 0 saturated carbocycles. The highest BCUT2D eigenvalue weighted by Crippen LogP contribution is 2.32. The van der Waals surface area contributed by atoms with Gasteiger partial charge in [-0.15, -0.1) is 6.58 Å². The Labute approximate surface area is 139 Å². The van der Waals surface area contributed by atoms with E-state index in [1.165, 1.54) is 31.3 Å². The van der Waals surface area contributed by atoms with Crippen molar-refractivity contribution in [3.05, 3.63) is 42.0 Å². The van der Waals surface area contributed by atoms with Gasteiger partial charge in [0.05, 0.1) is 14.2 Å². The number of rotatable bonds is 5. The lowest BCUT2D eigenvalue weighted by Gasteiger charge is -2.27. The molecule has 1 aliphatic heterocycles. The predicted octanol–water partition coefficient (Wildman–Crippen LogP) is 1.52. The van der Waals surface area contributed by atoms with E-state index in [4.69, 9.17) is 21.7 Å². The molecule has 1 saturated heterocycles. The molecule has 0 bridgehead atoms. The number of methoxy groups -OCH3 is 2. The van der Waals surface area contributed by atoms with E-state index >= 15 is 0 Å². The van der Waals surface area contributed by atoms with E-state index in [0.717, 1.165) is 0 Å². The molecular formula is C16H16N2O4S. The van der Waals surface area contributed by atoms with Crippen molar-refractivity contribution in [3.63, 3.8) is 0 Å². The standard InChI is InChI=1S/C16H16N2O4S/c1-4-8-18-15(20)11(14(19)17-16(18)23)9-10-6-5-7-12(21-2)13(10)22-3/h4-7,9H,1,8H2,2-3H3,(H,17,19,23)/b11-9-. The van der Waals surface area contributed by atoms with Crippen LogP contribution < -0.4 is 14.8 Å². The molecule has 0 unspecified atom stereocenters. The van der Waals surface area contributed by atoms with Gasteiger partial charge in [0.2, 0.25) is 0 Å². The number of hydrogen-bond donors (Lipinski definition) is 1. The second kappa shape index (κ2) is 7.06. The van der Waals surface area contributed by atoms with Gasteiger partial charge in [-0.05, 0) is 24.4 Å². The lowest BCUT2D eigenvalue weighted by Crippen LogP contribution is -2.53. The summed E-state index contributed by atoms with van der Waals surface area (Å²) in [6, 6.07) is 5.19. The zero-order valence-electron chi connectivity index (χ0n) is 12.8. The summed E-state index contributed by atoms with van der Waals surface area (Å²) in [5.74, 6) is -0.0933. The number of para-hydroxylation sites is 1. The maximum atomic E-state index is 12.5. The van der Waals surface area contributed by atoms with E-state index < -0.39 is 11.8 Å². The van der Waals surface area contributed by atoms with Gasteiger partial charge in [0, 0.05) is 12.1 Å². The van der Waals surface area contributed by atoms with Crippen molar-refractivity contribution in [2.24, 2.45) is 0 Å². The third-order valence-electron chi connectivity index (χ3n) is 3.23. The van der Waals surface area contributed by atoms with Crippen molar-refractivity contribution in [3.8, 4) is 11.5 Å². The van der Waals surface area contributed by atoms with Crippen molar-refractivity contribution in [1.29, 1.82) is 0 Å². The summed E-state index contributed by atoms with van der Waals surface area (Å²) in [6.45, 7) is 3.79. The van der Waals surface area contributed by atoms with E-state index in [1.54, 1.807) is 18.2 Å². The van der Waals surface area contributed by atoms with Crippen LogP contribution in [0.2, 0.25) is 0 Å². The van der Waals surface area contributed by atoms with Crippen LogP contribution >= 0.6 is 12.2 Å². The van der Waals surface area contributed by atoms with E-state index in [9.17, 15) is 9.59 Å². The fraction of sp³-hybridized carbons (Fsp3) is 0.188. The van der Waals surface area contributed by atoms with E-state index in [2.05, 4.69) is 11.9 Å². The van der Waals surface area contributed by atoms with Gasteiger partial charge in [0.15, 0.2) is 16.6 Å². The van der Waals surface area contributed by atoms with Crippen molar-refractivity contribution in [1.82, 2.24) is 10.2 Å². The largest absolute Gasteiger partial charge is 0.493 e. The van der Waals surface area contributed by atoms with Crippen LogP contribution in [0.5, 0.6) is 11.5 Å². The summed E-state index contributed by atoms with van der Waals surface area (Å²) in [6.07, 6.45) is 2.99. The minimum atomic E-state index is -0.551. The summed E-state index contributed by atoms with van der Waals surface area (Å²) in [5, 5.41) is 2.55. The highest BCUT2D eigenvalue weighted by Gasteiger charge is 2.32. The van der Waals surface area contributed by atoms with Crippen LogP contribution in [0.4, 0.5) is 0 Å². The lowest BCUT2D eigenvalue weighted by atomic mass is 10.1. The van der Waals surface area contributed by atoms with E-state index in [-0.39, 0.29) is 17.2 Å². The fourth-order valence-corrected chi connectivity index (χ4v) is 2.42. The first-order valence-electron chi connectivity index (χ1n) is 6.74. The first-order chi connectivity index (χ1) is 11.0. The maximum Gasteiger partial charge on any atom is 0.265 e. The molecule has 2 rings (SSSR count). The Hall–Kier alpha value is -2.67. The maximum absolute atomic E-state index is 12.5. The molecule has 1 N–H and O–H groups in total. The second-order valence-corrected chi connectivity index (χ2v) is 4.99. The molecule has 2 amide bonds. The van der Waals surface area contributed by atoms with Crippen LogP contribution in [-0.2, 0) is 9.59 Å². The number of hydrogen-bond acceptors (Lipinski definition) is 5. The monoisotopic (exact) mass is 332 g/mol. The Kier molecular flexibility index (Phi) is 5.13. The van der Waals surface area contributed by atoms with Gasteiger partial charge < -0.3 is 9.47 Å². The Balaban J connectivity index is 2.49. The number of nitrogens with zero attached hydrogens (tertiary/aromatic N) is 1. The molecule has 6 nitrogen and oxygen atoms in total. The average molecular weight is 332 g/mol. The molecule has 7 heteroatoms. The minimum absolute atomic E-state index is 0.0352. The summed E-state index contributed by atoms with van der Waals surface area (Å²) < 4.78 is 10.5. The summed E-state index contributed by atoms with van der Waals surface area (Å²) in [5.41, 5.74) is 0.517. The van der Waals surface area contributed by atoms with Gasteiger partial charge in [-0.2, -0.15) is 0 Å². The Bertz CT molecular complexity index is 712. The van der Waals surface area contributed by atoms with Crippen molar-refractivity contribution >= 4 is 35.2 Å². The zero-order valence-corrected chi connectivity index (χ0v) is 13.6. The number of ether oxygens (including phenoxy) is 2. The summed E-state index contributed by atoms with van der Waals surface area (Å²) >= 11 is 5.01. The normalized spacial score (nSPS) is 16.3. The van der Waals surface area contributed by atoms with Crippen LogP contribution in [-0.4, -0.2) is 42.6 Å². The molecule has 120 valence electrons. The first kappa shape index (κ1) is 16.7. The molecule has 1 aromatic carbocycles. The summed E-state index contributed by atoms with van der Waals surface area (Å²) in [4.78, 5) is 25.9. The van der Waals surface area contributed by atoms with E-state index in [0.29, 0.717) is 17.1 Å². The number of amides is 2. The number of carbonyl (C=O) groups excluding carboxylic acids is 2. The van der Waals surface area contributed by atoms with Gasteiger partial charge >= 0.3 is 0 Å². The lowest BCUT2D eigenvalue weighted by molar-refractivity contribution is -0.128. The van der Waals surface area contributed by atoms with Crippen LogP contribution in [0, 0.1) is 0 Å². The van der Waals surface area contributed by atoms with Gasteiger partial charge in [0.1, 0.15) is 5.57 Å². The quantitative estimate of drug-likeness (QED) is 0.383. The number of benzene rings is 1. The highest BCUT2D eigenvalue weighted by atomic mass is 32.1. The zero-order chi connectivity index (χ0) is 17.0. The van der Waals surface area contributed by atoms with Crippen LogP contribution in [0.15, 0.2) is 36.4 Å². The second-order valence-electron chi connectivity index (χ2n) is 4.60. The third-order valence-corrected chi connectivity index (χ3v) is 3.55. The smallest absolute Gasteiger partial charge is 0.265 e. The van der Waals surface area contributed by atoms with Crippen molar-refractivity contribution in [2.45, 2.75) is 0 Å². The molecule has 0 atom stereocenters.